The maximum atomic E-state index is 11.6. The van der Waals surface area contributed by atoms with Crippen LogP contribution in [-0.2, 0) is 0 Å². The van der Waals surface area contributed by atoms with Crippen LogP contribution in [0.3, 0.4) is 0 Å². The van der Waals surface area contributed by atoms with Gasteiger partial charge in [-0.3, -0.25) is 10.0 Å². The zero-order chi connectivity index (χ0) is 22.2. The lowest BCUT2D eigenvalue weighted by Crippen LogP contribution is -2.28. The van der Waals surface area contributed by atoms with Gasteiger partial charge in [0.2, 0.25) is 0 Å². The Morgan fingerprint density at radius 1 is 1.00 bits per heavy atom. The third-order valence-electron chi connectivity index (χ3n) is 6.05. The molecule has 166 valence electrons. The molecule has 1 amide bonds. The molecule has 0 spiro atoms. The summed E-state index contributed by atoms with van der Waals surface area (Å²) in [7, 11) is 0. The monoisotopic (exact) mass is 430 g/mol. The van der Waals surface area contributed by atoms with Crippen LogP contribution in [0.25, 0.3) is 16.8 Å². The van der Waals surface area contributed by atoms with Crippen LogP contribution in [0.2, 0.25) is 0 Å². The third kappa shape index (κ3) is 5.75. The van der Waals surface area contributed by atoms with E-state index in [9.17, 15) is 4.79 Å². The molecule has 1 fully saturated rings. The SMILES string of the molecule is O=C(NO)c1ccc(C=C(CCOc2cccc3ccccc23)CNC2CCCC2)cc1. The van der Waals surface area contributed by atoms with E-state index in [1.807, 2.05) is 36.4 Å². The van der Waals surface area contributed by atoms with Gasteiger partial charge < -0.3 is 10.1 Å². The van der Waals surface area contributed by atoms with E-state index in [2.05, 4.69) is 29.6 Å². The predicted molar refractivity (Wildman–Crippen MR) is 128 cm³/mol. The fourth-order valence-corrected chi connectivity index (χ4v) is 4.26. The first-order chi connectivity index (χ1) is 15.7. The van der Waals surface area contributed by atoms with Crippen LogP contribution in [0.5, 0.6) is 5.75 Å². The Labute approximate surface area is 189 Å². The van der Waals surface area contributed by atoms with Gasteiger partial charge in [0.1, 0.15) is 5.75 Å². The molecule has 1 aliphatic carbocycles. The summed E-state index contributed by atoms with van der Waals surface area (Å²) in [6, 6.07) is 22.2. The van der Waals surface area contributed by atoms with Crippen LogP contribution in [0.15, 0.2) is 72.3 Å². The summed E-state index contributed by atoms with van der Waals surface area (Å²) in [6.45, 7) is 1.42. The lowest BCUT2D eigenvalue weighted by atomic mass is 10.1. The van der Waals surface area contributed by atoms with Crippen molar-refractivity contribution in [3.8, 4) is 5.75 Å². The van der Waals surface area contributed by atoms with E-state index in [4.69, 9.17) is 9.94 Å². The van der Waals surface area contributed by atoms with E-state index < -0.39 is 5.91 Å². The molecule has 1 saturated carbocycles. The fraction of sp³-hybridized carbons (Fsp3) is 0.296. The first-order valence-corrected chi connectivity index (χ1v) is 11.3. The topological polar surface area (TPSA) is 70.6 Å². The number of nitrogens with one attached hydrogen (secondary N) is 2. The molecule has 0 radical (unpaired) electrons. The largest absolute Gasteiger partial charge is 0.493 e. The number of carbonyl (C=O) groups excluding carboxylic acids is 1. The molecule has 0 bridgehead atoms. The summed E-state index contributed by atoms with van der Waals surface area (Å²) in [5.41, 5.74) is 4.38. The number of fused-ring (bicyclic) bond motifs is 1. The quantitative estimate of drug-likeness (QED) is 0.316. The summed E-state index contributed by atoms with van der Waals surface area (Å²) >= 11 is 0. The smallest absolute Gasteiger partial charge is 0.274 e. The highest BCUT2D eigenvalue weighted by Gasteiger charge is 2.14. The Hall–Kier alpha value is -3.15. The minimum Gasteiger partial charge on any atom is -0.493 e. The van der Waals surface area contributed by atoms with Crippen molar-refractivity contribution in [3.63, 3.8) is 0 Å². The summed E-state index contributed by atoms with van der Waals surface area (Å²) in [5, 5.41) is 14.8. The Morgan fingerprint density at radius 3 is 2.53 bits per heavy atom. The highest BCUT2D eigenvalue weighted by Crippen LogP contribution is 2.26. The lowest BCUT2D eigenvalue weighted by molar-refractivity contribution is 0.0706. The van der Waals surface area contributed by atoms with Crippen LogP contribution >= 0.6 is 0 Å². The van der Waals surface area contributed by atoms with Crippen molar-refractivity contribution in [1.82, 2.24) is 10.8 Å². The molecule has 5 nitrogen and oxygen atoms in total. The highest BCUT2D eigenvalue weighted by molar-refractivity contribution is 5.93. The van der Waals surface area contributed by atoms with Gasteiger partial charge in [-0.1, -0.05) is 73.0 Å². The number of rotatable bonds is 9. The molecular formula is C27H30N2O3. The van der Waals surface area contributed by atoms with Gasteiger partial charge in [-0.2, -0.15) is 0 Å². The summed E-state index contributed by atoms with van der Waals surface area (Å²) < 4.78 is 6.18. The van der Waals surface area contributed by atoms with E-state index in [-0.39, 0.29) is 0 Å². The molecule has 0 unspecified atom stereocenters. The van der Waals surface area contributed by atoms with Crippen LogP contribution in [0.1, 0.15) is 48.0 Å². The van der Waals surface area contributed by atoms with Gasteiger partial charge in [-0.05, 0) is 42.0 Å². The summed E-state index contributed by atoms with van der Waals surface area (Å²) in [5.74, 6) is 0.401. The van der Waals surface area contributed by atoms with E-state index in [0.29, 0.717) is 18.2 Å². The molecular weight excluding hydrogens is 400 g/mol. The molecule has 3 aromatic rings. The van der Waals surface area contributed by atoms with Gasteiger partial charge >= 0.3 is 0 Å². The Bertz CT molecular complexity index is 1060. The van der Waals surface area contributed by atoms with Gasteiger partial charge in [0.15, 0.2) is 0 Å². The van der Waals surface area contributed by atoms with Gasteiger partial charge in [0.05, 0.1) is 6.61 Å². The maximum absolute atomic E-state index is 11.6. The standard InChI is InChI=1S/C27H30N2O3/c30-27(29-31)23-14-12-20(13-15-23)18-21(19-28-24-8-2-3-9-24)16-17-32-26-11-5-7-22-6-1-4-10-25(22)26/h1,4-7,10-15,18,24,28,31H,2-3,8-9,16-17,19H2,(H,29,30). The van der Waals surface area contributed by atoms with Crippen LogP contribution in [-0.4, -0.2) is 30.3 Å². The number of hydrogen-bond donors (Lipinski definition) is 3. The normalized spacial score (nSPS) is 14.6. The second kappa shape index (κ2) is 10.9. The molecule has 0 heterocycles. The lowest BCUT2D eigenvalue weighted by Gasteiger charge is -2.16. The second-order valence-corrected chi connectivity index (χ2v) is 8.30. The van der Waals surface area contributed by atoms with E-state index in [1.165, 1.54) is 36.6 Å². The van der Waals surface area contributed by atoms with Gasteiger partial charge in [0, 0.05) is 30.0 Å². The molecule has 0 aromatic heterocycles. The Kier molecular flexibility index (Phi) is 7.54. The Balaban J connectivity index is 1.44. The molecule has 0 saturated heterocycles. The van der Waals surface area contributed by atoms with Crippen LogP contribution in [0.4, 0.5) is 0 Å². The summed E-state index contributed by atoms with van der Waals surface area (Å²) in [4.78, 5) is 11.6. The van der Waals surface area contributed by atoms with Crippen molar-refractivity contribution in [1.29, 1.82) is 0 Å². The summed E-state index contributed by atoms with van der Waals surface area (Å²) in [6.07, 6.45) is 8.05. The second-order valence-electron chi connectivity index (χ2n) is 8.30. The number of ether oxygens (including phenoxy) is 1. The predicted octanol–water partition coefficient (Wildman–Crippen LogP) is 5.34. The molecule has 0 aliphatic heterocycles. The zero-order valence-electron chi connectivity index (χ0n) is 18.2. The molecule has 4 rings (SSSR count). The number of benzene rings is 3. The van der Waals surface area contributed by atoms with Gasteiger partial charge in [-0.15, -0.1) is 0 Å². The van der Waals surface area contributed by atoms with Crippen molar-refractivity contribution in [2.75, 3.05) is 13.2 Å². The van der Waals surface area contributed by atoms with E-state index >= 15 is 0 Å². The first-order valence-electron chi connectivity index (χ1n) is 11.3. The van der Waals surface area contributed by atoms with Crippen molar-refractivity contribution in [2.45, 2.75) is 38.1 Å². The Morgan fingerprint density at radius 2 is 1.75 bits per heavy atom. The van der Waals surface area contributed by atoms with Gasteiger partial charge in [-0.25, -0.2) is 5.48 Å². The van der Waals surface area contributed by atoms with Crippen molar-refractivity contribution >= 4 is 22.8 Å². The molecule has 32 heavy (non-hydrogen) atoms. The molecule has 3 N–H and O–H groups in total. The highest BCUT2D eigenvalue weighted by atomic mass is 16.5. The van der Waals surface area contributed by atoms with Crippen LogP contribution < -0.4 is 15.5 Å². The molecule has 3 aromatic carbocycles. The molecule has 1 aliphatic rings. The molecule has 5 heteroatoms. The number of amides is 1. The zero-order valence-corrected chi connectivity index (χ0v) is 18.2. The number of carbonyl (C=O) groups is 1. The number of hydroxylamine groups is 1. The first kappa shape index (κ1) is 22.1. The van der Waals surface area contributed by atoms with Crippen molar-refractivity contribution in [3.05, 3.63) is 83.4 Å². The van der Waals surface area contributed by atoms with Crippen LogP contribution in [0, 0.1) is 0 Å². The number of hydrogen-bond acceptors (Lipinski definition) is 4. The minimum absolute atomic E-state index is 0.426. The molecule has 0 atom stereocenters. The van der Waals surface area contributed by atoms with Crippen molar-refractivity contribution in [2.24, 2.45) is 0 Å². The third-order valence-corrected chi connectivity index (χ3v) is 6.05. The maximum Gasteiger partial charge on any atom is 0.274 e. The van der Waals surface area contributed by atoms with Gasteiger partial charge in [0.25, 0.3) is 5.91 Å². The average Bonchev–Trinajstić information content (AvgIpc) is 3.36. The fourth-order valence-electron chi connectivity index (χ4n) is 4.26. The van der Waals surface area contributed by atoms with E-state index in [1.54, 1.807) is 17.6 Å². The van der Waals surface area contributed by atoms with Crippen molar-refractivity contribution < 1.29 is 14.7 Å². The van der Waals surface area contributed by atoms with E-state index in [0.717, 1.165) is 29.7 Å². The average molecular weight is 431 g/mol. The minimum atomic E-state index is -0.507.